The van der Waals surface area contributed by atoms with E-state index in [1.54, 1.807) is 37.3 Å². The highest BCUT2D eigenvalue weighted by molar-refractivity contribution is 7.92. The number of rotatable bonds is 6. The molecule has 1 heterocycles. The van der Waals surface area contributed by atoms with Gasteiger partial charge in [-0.1, -0.05) is 30.3 Å². The van der Waals surface area contributed by atoms with Crippen molar-refractivity contribution in [1.29, 1.82) is 0 Å². The topological polar surface area (TPSA) is 82.3 Å². The van der Waals surface area contributed by atoms with Crippen LogP contribution >= 0.6 is 0 Å². The second-order valence-corrected chi connectivity index (χ2v) is 8.05. The second kappa shape index (κ2) is 7.21. The standard InChI is InChI=1S/C19H21N3O3S/c1-14(22(26(2,24)25)17-6-4-3-5-7-17)19(23)21-13-15-8-9-16-10-11-20-18(16)12-15/h3-12,14,20H,13H2,1-2H3,(H,21,23)/t14-/m0/s1. The molecule has 136 valence electrons. The molecule has 2 aromatic carbocycles. The van der Waals surface area contributed by atoms with Crippen LogP contribution in [0.15, 0.2) is 60.8 Å². The Morgan fingerprint density at radius 1 is 1.15 bits per heavy atom. The van der Waals surface area contributed by atoms with Crippen molar-refractivity contribution in [2.24, 2.45) is 0 Å². The number of hydrogen-bond acceptors (Lipinski definition) is 3. The van der Waals surface area contributed by atoms with Crippen LogP contribution in [0.5, 0.6) is 0 Å². The fraction of sp³-hybridized carbons (Fsp3) is 0.211. The van der Waals surface area contributed by atoms with E-state index < -0.39 is 16.1 Å². The molecule has 7 heteroatoms. The lowest BCUT2D eigenvalue weighted by Gasteiger charge is -2.28. The number of nitrogens with zero attached hydrogens (tertiary/aromatic N) is 1. The molecule has 0 aliphatic heterocycles. The number of amides is 1. The normalized spacial score (nSPS) is 12.7. The van der Waals surface area contributed by atoms with Gasteiger partial charge in [-0.2, -0.15) is 0 Å². The van der Waals surface area contributed by atoms with Crippen LogP contribution in [0.2, 0.25) is 0 Å². The van der Waals surface area contributed by atoms with E-state index in [2.05, 4.69) is 10.3 Å². The Morgan fingerprint density at radius 3 is 2.58 bits per heavy atom. The van der Waals surface area contributed by atoms with Crippen molar-refractivity contribution in [3.05, 3.63) is 66.4 Å². The Morgan fingerprint density at radius 2 is 1.88 bits per heavy atom. The molecule has 0 saturated carbocycles. The number of aromatic nitrogens is 1. The number of carbonyl (C=O) groups excluding carboxylic acids is 1. The van der Waals surface area contributed by atoms with Crippen LogP contribution in [0, 0.1) is 0 Å². The van der Waals surface area contributed by atoms with E-state index in [1.165, 1.54) is 0 Å². The van der Waals surface area contributed by atoms with Gasteiger partial charge in [-0.3, -0.25) is 9.10 Å². The highest BCUT2D eigenvalue weighted by atomic mass is 32.2. The average molecular weight is 371 g/mol. The van der Waals surface area contributed by atoms with Crippen LogP contribution < -0.4 is 9.62 Å². The number of sulfonamides is 1. The third kappa shape index (κ3) is 3.88. The van der Waals surface area contributed by atoms with E-state index in [9.17, 15) is 13.2 Å². The summed E-state index contributed by atoms with van der Waals surface area (Å²) < 4.78 is 25.6. The average Bonchev–Trinajstić information content (AvgIpc) is 3.07. The van der Waals surface area contributed by atoms with Gasteiger partial charge in [0, 0.05) is 18.3 Å². The number of nitrogens with one attached hydrogen (secondary N) is 2. The van der Waals surface area contributed by atoms with Gasteiger partial charge in [0.1, 0.15) is 6.04 Å². The van der Waals surface area contributed by atoms with E-state index >= 15 is 0 Å². The minimum Gasteiger partial charge on any atom is -0.361 e. The lowest BCUT2D eigenvalue weighted by molar-refractivity contribution is -0.122. The van der Waals surface area contributed by atoms with Gasteiger partial charge < -0.3 is 10.3 Å². The van der Waals surface area contributed by atoms with E-state index in [1.807, 2.05) is 30.5 Å². The Kier molecular flexibility index (Phi) is 4.99. The summed E-state index contributed by atoms with van der Waals surface area (Å²) in [4.78, 5) is 15.7. The molecule has 0 radical (unpaired) electrons. The van der Waals surface area contributed by atoms with Gasteiger partial charge in [0.15, 0.2) is 0 Å². The highest BCUT2D eigenvalue weighted by Gasteiger charge is 2.28. The Balaban J connectivity index is 1.74. The summed E-state index contributed by atoms with van der Waals surface area (Å²) in [5, 5.41) is 3.92. The van der Waals surface area contributed by atoms with Gasteiger partial charge in [-0.05, 0) is 42.1 Å². The summed E-state index contributed by atoms with van der Waals surface area (Å²) >= 11 is 0. The molecule has 2 N–H and O–H groups in total. The van der Waals surface area contributed by atoms with Crippen molar-refractivity contribution in [3.63, 3.8) is 0 Å². The van der Waals surface area contributed by atoms with E-state index in [4.69, 9.17) is 0 Å². The van der Waals surface area contributed by atoms with Crippen LogP contribution in [0.3, 0.4) is 0 Å². The molecule has 0 saturated heterocycles. The number of aromatic amines is 1. The first-order chi connectivity index (χ1) is 12.4. The molecule has 3 aromatic rings. The monoisotopic (exact) mass is 371 g/mol. The molecule has 0 fully saturated rings. The zero-order chi connectivity index (χ0) is 18.7. The number of carbonyl (C=O) groups is 1. The van der Waals surface area contributed by atoms with Crippen molar-refractivity contribution in [1.82, 2.24) is 10.3 Å². The fourth-order valence-corrected chi connectivity index (χ4v) is 4.10. The largest absolute Gasteiger partial charge is 0.361 e. The molecular weight excluding hydrogens is 350 g/mol. The number of benzene rings is 2. The Hall–Kier alpha value is -2.80. The maximum Gasteiger partial charge on any atom is 0.243 e. The molecule has 0 aliphatic carbocycles. The minimum atomic E-state index is -3.60. The molecule has 6 nitrogen and oxygen atoms in total. The zero-order valence-corrected chi connectivity index (χ0v) is 15.5. The van der Waals surface area contributed by atoms with Gasteiger partial charge in [-0.15, -0.1) is 0 Å². The van der Waals surface area contributed by atoms with Crippen LogP contribution in [-0.4, -0.2) is 31.6 Å². The molecule has 26 heavy (non-hydrogen) atoms. The second-order valence-electron chi connectivity index (χ2n) is 6.19. The molecule has 1 amide bonds. The van der Waals surface area contributed by atoms with Gasteiger partial charge in [0.25, 0.3) is 0 Å². The van der Waals surface area contributed by atoms with Gasteiger partial charge in [-0.25, -0.2) is 8.42 Å². The first-order valence-corrected chi connectivity index (χ1v) is 10.1. The highest BCUT2D eigenvalue weighted by Crippen LogP contribution is 2.20. The quantitative estimate of drug-likeness (QED) is 0.699. The minimum absolute atomic E-state index is 0.324. The van der Waals surface area contributed by atoms with E-state index in [0.717, 1.165) is 27.0 Å². The van der Waals surface area contributed by atoms with Crippen molar-refractivity contribution in [3.8, 4) is 0 Å². The zero-order valence-electron chi connectivity index (χ0n) is 14.6. The third-order valence-corrected chi connectivity index (χ3v) is 5.43. The molecule has 1 atom stereocenters. The summed E-state index contributed by atoms with van der Waals surface area (Å²) in [5.74, 6) is -0.356. The number of fused-ring (bicyclic) bond motifs is 1. The van der Waals surface area contributed by atoms with Crippen molar-refractivity contribution in [2.75, 3.05) is 10.6 Å². The third-order valence-electron chi connectivity index (χ3n) is 4.19. The van der Waals surface area contributed by atoms with Crippen LogP contribution in [0.1, 0.15) is 12.5 Å². The lowest BCUT2D eigenvalue weighted by atomic mass is 10.1. The summed E-state index contributed by atoms with van der Waals surface area (Å²) in [7, 11) is -3.60. The molecule has 3 rings (SSSR count). The molecular formula is C19H21N3O3S. The maximum absolute atomic E-state index is 12.6. The molecule has 0 aliphatic rings. The molecule has 0 bridgehead atoms. The number of para-hydroxylation sites is 1. The summed E-state index contributed by atoms with van der Waals surface area (Å²) in [5.41, 5.74) is 2.39. The number of hydrogen-bond donors (Lipinski definition) is 2. The lowest BCUT2D eigenvalue weighted by Crippen LogP contribution is -2.47. The van der Waals surface area contributed by atoms with Gasteiger partial charge >= 0.3 is 0 Å². The number of anilines is 1. The molecule has 0 spiro atoms. The Bertz CT molecular complexity index is 1010. The van der Waals surface area contributed by atoms with Crippen LogP contribution in [0.25, 0.3) is 10.9 Å². The van der Waals surface area contributed by atoms with Gasteiger partial charge in [0.05, 0.1) is 11.9 Å². The first-order valence-electron chi connectivity index (χ1n) is 8.24. The van der Waals surface area contributed by atoms with Crippen LogP contribution in [-0.2, 0) is 21.4 Å². The van der Waals surface area contributed by atoms with Gasteiger partial charge in [0.2, 0.25) is 15.9 Å². The molecule has 1 aromatic heterocycles. The van der Waals surface area contributed by atoms with E-state index in [-0.39, 0.29) is 5.91 Å². The van der Waals surface area contributed by atoms with Crippen molar-refractivity contribution < 1.29 is 13.2 Å². The predicted octanol–water partition coefficient (Wildman–Crippen LogP) is 2.64. The van der Waals surface area contributed by atoms with Crippen LogP contribution in [0.4, 0.5) is 5.69 Å². The first kappa shape index (κ1) is 18.0. The smallest absolute Gasteiger partial charge is 0.243 e. The summed E-state index contributed by atoms with van der Waals surface area (Å²) in [6.07, 6.45) is 2.96. The van der Waals surface area contributed by atoms with E-state index in [0.29, 0.717) is 12.2 Å². The van der Waals surface area contributed by atoms with Crippen molar-refractivity contribution >= 4 is 32.5 Å². The fourth-order valence-electron chi connectivity index (χ4n) is 2.93. The maximum atomic E-state index is 12.6. The number of H-pyrrole nitrogens is 1. The predicted molar refractivity (Wildman–Crippen MR) is 103 cm³/mol. The van der Waals surface area contributed by atoms with Crippen molar-refractivity contribution in [2.45, 2.75) is 19.5 Å². The Labute approximate surface area is 152 Å². The summed E-state index contributed by atoms with van der Waals surface area (Å²) in [6.45, 7) is 1.90. The molecule has 0 unspecified atom stereocenters. The summed E-state index contributed by atoms with van der Waals surface area (Å²) in [6, 6.07) is 15.6. The SMILES string of the molecule is C[C@@H](C(=O)NCc1ccc2cc[nH]c2c1)N(c1ccccc1)S(C)(=O)=O.